The third-order valence-corrected chi connectivity index (χ3v) is 20.0. The lowest BCUT2D eigenvalue weighted by Crippen LogP contribution is -2.37. The molecule has 2 fully saturated rings. The maximum absolute atomic E-state index is 12.5. The van der Waals surface area contributed by atoms with Crippen molar-refractivity contribution in [1.29, 1.82) is 0 Å². The van der Waals surface area contributed by atoms with Crippen molar-refractivity contribution in [3.63, 3.8) is 0 Å². The Hall–Kier alpha value is -8.17. The van der Waals surface area contributed by atoms with E-state index in [2.05, 4.69) is 47.9 Å². The van der Waals surface area contributed by atoms with Gasteiger partial charge in [0.05, 0.1) is 127 Å². The van der Waals surface area contributed by atoms with Gasteiger partial charge in [-0.2, -0.15) is 0 Å². The Morgan fingerprint density at radius 3 is 1.00 bits per heavy atom. The minimum Gasteiger partial charge on any atom is -0.481 e. The highest BCUT2D eigenvalue weighted by atomic mass is 32.2. The molecule has 49 nitrogen and oxygen atoms in total. The van der Waals surface area contributed by atoms with E-state index in [1.165, 1.54) is 45.1 Å². The number of methoxy groups -OCH3 is 4. The number of likely N-dealkylation sites (tertiary alicyclic amines) is 2. The third kappa shape index (κ3) is 67.6. The third-order valence-electron chi connectivity index (χ3n) is 17.3. The number of rotatable bonds is 71. The summed E-state index contributed by atoms with van der Waals surface area (Å²) in [5, 5.41) is 83.8. The van der Waals surface area contributed by atoms with Crippen LogP contribution in [0, 0.1) is 0 Å². The molecule has 11 atom stereocenters. The number of thioether (sulfide) groups is 2. The number of nitrogens with two attached hydrogens (primary N) is 1. The summed E-state index contributed by atoms with van der Waals surface area (Å²) in [6.07, 6.45) is -4.28. The van der Waals surface area contributed by atoms with Crippen molar-refractivity contribution >= 4 is 113 Å². The molecule has 51 heteroatoms. The number of aliphatic hydroxyl groups excluding tert-OH is 5. The maximum atomic E-state index is 12.5. The second-order valence-corrected chi connectivity index (χ2v) is 31.9. The minimum absolute atomic E-state index is 0. The largest absolute Gasteiger partial charge is 0.481 e. The second-order valence-electron chi connectivity index (χ2n) is 28.7. The first-order valence-corrected chi connectivity index (χ1v) is 44.5. The summed E-state index contributed by atoms with van der Waals surface area (Å²) in [4.78, 5) is 179. The van der Waals surface area contributed by atoms with Gasteiger partial charge in [0, 0.05) is 162 Å². The summed E-state index contributed by atoms with van der Waals surface area (Å²) in [6, 6.07) is -1.14. The van der Waals surface area contributed by atoms with Gasteiger partial charge in [-0.05, 0) is 25.7 Å². The number of carbonyl (C=O) groups is 15. The SMILES string of the molecule is C.CCC(CO)OC(CO)OC.CCC(CO)OC(COC(=O)NCCC(=O)NCCNC(=O)CCOCCOCCNC(=O)CCN1C(=O)CC(SC(C)(C)C)C1=O)OC.CCC(CO)OC(COC(=O)NCCC(=O)NCCNC(=O)CCOCCOCCNC(=O)CCN1C(=O)CC(SCC(N)C(=O)O)C1=O)OC.CCC(CO)OC(COC(=O)NCCC(=O)O)OC. The average molecular weight is 1930 g/mol. The van der Waals surface area contributed by atoms with Crippen molar-refractivity contribution in [3.05, 3.63) is 0 Å². The molecule has 13 amide bonds. The number of carboxylic acids is 2. The Morgan fingerprint density at radius 2 is 0.695 bits per heavy atom. The van der Waals surface area contributed by atoms with Crippen LogP contribution in [-0.4, -0.2) is 418 Å². The van der Waals surface area contributed by atoms with E-state index in [9.17, 15) is 82.1 Å². The van der Waals surface area contributed by atoms with Crippen LogP contribution < -0.4 is 53.6 Å². The van der Waals surface area contributed by atoms with Gasteiger partial charge in [-0.25, -0.2) is 14.4 Å². The molecule has 18 N–H and O–H groups in total. The predicted molar refractivity (Wildman–Crippen MR) is 471 cm³/mol. The van der Waals surface area contributed by atoms with Crippen molar-refractivity contribution in [2.24, 2.45) is 5.73 Å². The van der Waals surface area contributed by atoms with Crippen molar-refractivity contribution in [2.75, 3.05) is 212 Å². The van der Waals surface area contributed by atoms with E-state index in [4.69, 9.17) is 102 Å². The Morgan fingerprint density at radius 1 is 0.397 bits per heavy atom. The number of carboxylic acid groups (broad SMARTS) is 2. The van der Waals surface area contributed by atoms with Crippen LogP contribution in [0.4, 0.5) is 14.4 Å². The van der Waals surface area contributed by atoms with Gasteiger partial charge in [0.2, 0.25) is 59.1 Å². The highest BCUT2D eigenvalue weighted by Gasteiger charge is 2.42. The molecular formula is C80H148N12O37S2. The molecule has 11 unspecified atom stereocenters. The molecule has 2 aliphatic rings. The number of alkyl carbamates (subject to hydrolysis) is 3. The van der Waals surface area contributed by atoms with Crippen LogP contribution >= 0.6 is 23.5 Å². The van der Waals surface area contributed by atoms with Crippen LogP contribution in [0.2, 0.25) is 0 Å². The quantitative estimate of drug-likeness (QED) is 0.0128. The van der Waals surface area contributed by atoms with E-state index in [1.54, 1.807) is 0 Å². The molecule has 0 aromatic heterocycles. The molecule has 0 spiro atoms. The zero-order chi connectivity index (χ0) is 98.0. The van der Waals surface area contributed by atoms with Gasteiger partial charge in [-0.1, -0.05) is 55.9 Å². The van der Waals surface area contributed by atoms with Crippen LogP contribution in [0.5, 0.6) is 0 Å². The van der Waals surface area contributed by atoms with Gasteiger partial charge < -0.3 is 160 Å². The first-order valence-electron chi connectivity index (χ1n) is 42.6. The van der Waals surface area contributed by atoms with Gasteiger partial charge in [-0.15, -0.1) is 23.5 Å². The summed E-state index contributed by atoms with van der Waals surface area (Å²) in [7, 11) is 5.61. The van der Waals surface area contributed by atoms with Crippen LogP contribution in [0.3, 0.4) is 0 Å². The number of nitrogens with one attached hydrogen (secondary N) is 9. The van der Waals surface area contributed by atoms with Crippen LogP contribution in [-0.2, 0) is 129 Å². The predicted octanol–water partition coefficient (Wildman–Crippen LogP) is -2.70. The molecule has 0 bridgehead atoms. The summed E-state index contributed by atoms with van der Waals surface area (Å²) in [5.74, 6) is -5.40. The Balaban J connectivity index is -0.00000189. The molecule has 0 saturated carbocycles. The molecule has 0 aliphatic carbocycles. The molecule has 0 radical (unpaired) electrons. The van der Waals surface area contributed by atoms with Crippen LogP contribution in [0.25, 0.3) is 0 Å². The number of hydrogen-bond acceptors (Lipinski definition) is 38. The number of carbonyl (C=O) groups excluding carboxylic acids is 13. The topological polar surface area (TPSA) is 677 Å². The number of nitrogens with zero attached hydrogens (tertiary/aromatic N) is 2. The lowest BCUT2D eigenvalue weighted by Gasteiger charge is -2.21. The fraction of sp³-hybridized carbons (Fsp3) is 0.812. The number of imide groups is 2. The van der Waals surface area contributed by atoms with Crippen molar-refractivity contribution < 1.29 is 179 Å². The number of amides is 13. The summed E-state index contributed by atoms with van der Waals surface area (Å²) in [5.41, 5.74) is 5.44. The van der Waals surface area contributed by atoms with Crippen LogP contribution in [0.1, 0.15) is 139 Å². The summed E-state index contributed by atoms with van der Waals surface area (Å²) >= 11 is 2.47. The van der Waals surface area contributed by atoms with Gasteiger partial charge in [0.15, 0.2) is 25.2 Å². The molecular weight excluding hydrogens is 1790 g/mol. The average Bonchev–Trinajstić information content (AvgIpc) is 1.69. The Kier molecular flexibility index (Phi) is 77.8. The molecule has 2 aliphatic heterocycles. The monoisotopic (exact) mass is 1930 g/mol. The lowest BCUT2D eigenvalue weighted by atomic mass is 10.3. The fourth-order valence-electron chi connectivity index (χ4n) is 9.98. The van der Waals surface area contributed by atoms with Gasteiger partial charge in [0.25, 0.3) is 0 Å². The van der Waals surface area contributed by atoms with Crippen molar-refractivity contribution in [1.82, 2.24) is 57.7 Å². The summed E-state index contributed by atoms with van der Waals surface area (Å²) in [6.45, 7) is 15.2. The number of ether oxygens (including phenoxy) is 15. The number of aliphatic carboxylic acids is 2. The zero-order valence-electron chi connectivity index (χ0n) is 76.5. The Bertz CT molecular complexity index is 3170. The lowest BCUT2D eigenvalue weighted by molar-refractivity contribution is -0.181. The second kappa shape index (κ2) is 80.3. The highest BCUT2D eigenvalue weighted by molar-refractivity contribution is 8.02. The molecule has 0 aromatic rings. The van der Waals surface area contributed by atoms with E-state index < -0.39 is 95.9 Å². The van der Waals surface area contributed by atoms with Gasteiger partial charge in [0.1, 0.15) is 25.9 Å². The smallest absolute Gasteiger partial charge is 0.407 e. The van der Waals surface area contributed by atoms with E-state index in [0.29, 0.717) is 25.7 Å². The molecule has 2 heterocycles. The van der Waals surface area contributed by atoms with E-state index in [-0.39, 0.29) is 313 Å². The number of hydrogen-bond donors (Lipinski definition) is 17. The fourth-order valence-corrected chi connectivity index (χ4v) is 12.4. The van der Waals surface area contributed by atoms with Crippen molar-refractivity contribution in [3.8, 4) is 0 Å². The zero-order valence-corrected chi connectivity index (χ0v) is 78.1. The van der Waals surface area contributed by atoms with Gasteiger partial charge in [-0.3, -0.25) is 67.3 Å². The van der Waals surface area contributed by atoms with Gasteiger partial charge >= 0.3 is 30.2 Å². The van der Waals surface area contributed by atoms with Crippen LogP contribution in [0.15, 0.2) is 0 Å². The Labute approximate surface area is 773 Å². The number of aliphatic hydroxyl groups is 5. The standard InChI is InChI=1S/C31H55N5O12S.C30H52N6O14S.C11H21NO7.C7H16O4.CH4/c1-6-22(20-37)48-28(44-5)21-47-30(43)35-10-7-24(38)32-11-12-33-26(40)9-15-45-17-18-46-16-13-34-25(39)8-14-36-27(41)19-23(29(36)42)49-31(2,3)4;1-3-20(17-37)50-27(46-2)18-49-30(45)35-7-4-23(38)32-8-9-33-25(40)6-12-47-14-15-48-13-10-34-24(39)5-11-36-26(41)16-22(28(36)42)51-19-21(31)29(43)44;1-3-8(6-13)19-10(17-2)7-18-11(16)12-5-4-9(14)15;1-3-6(4-8)11-7(5-9)10-2;/h22-23,28,37H,6-21H2,1-5H3,(H,32,38)(H,33,40)(H,34,39)(H,35,43);20-22,27,37H,3-19,31H2,1-2H3,(H,32,38)(H,33,40)(H,34,39)(H,35,45)(H,43,44);8,10,13H,3-7H2,1-2H3,(H,12,16)(H,14,15);6-9H,3-5H2,1-2H3;1H4. The molecule has 2 rings (SSSR count). The minimum atomic E-state index is -1.19. The first-order chi connectivity index (χ1) is 62.0. The normalized spacial score (nSPS) is 15.5. The highest BCUT2D eigenvalue weighted by Crippen LogP contribution is 2.35. The molecule has 2 saturated heterocycles. The van der Waals surface area contributed by atoms with E-state index >= 15 is 0 Å². The first kappa shape index (κ1) is 127. The molecule has 762 valence electrons. The maximum Gasteiger partial charge on any atom is 0.407 e. The van der Waals surface area contributed by atoms with Crippen molar-refractivity contribution in [2.45, 2.75) is 210 Å². The summed E-state index contributed by atoms with van der Waals surface area (Å²) < 4.78 is 77.3. The van der Waals surface area contributed by atoms with E-state index in [0.717, 1.165) is 16.7 Å². The molecule has 0 aromatic carbocycles. The van der Waals surface area contributed by atoms with E-state index in [1.807, 2.05) is 48.5 Å². The molecule has 131 heavy (non-hydrogen) atoms.